The Morgan fingerprint density at radius 2 is 1.89 bits per heavy atom. The van der Waals surface area contributed by atoms with Gasteiger partial charge in [-0.3, -0.25) is 0 Å². The summed E-state index contributed by atoms with van der Waals surface area (Å²) >= 11 is 0. The molecule has 1 aliphatic rings. The van der Waals surface area contributed by atoms with Gasteiger partial charge in [-0.15, -0.1) is 0 Å². The number of aromatic carboxylic acids is 1. The minimum atomic E-state index is -1.03. The lowest BCUT2D eigenvalue weighted by Crippen LogP contribution is -2.34. The number of likely N-dealkylation sites (tertiary alicyclic amines) is 1. The largest absolute Gasteiger partial charge is 0.497 e. The van der Waals surface area contributed by atoms with Crippen molar-refractivity contribution in [2.45, 2.75) is 12.8 Å². The number of carboxylic acid groups (broad SMARTS) is 1. The first-order valence-corrected chi connectivity index (χ1v) is 9.42. The number of carbonyl (C=O) groups is 1. The van der Waals surface area contributed by atoms with Crippen LogP contribution in [0.5, 0.6) is 17.2 Å². The molecule has 6 heteroatoms. The molecule has 0 spiro atoms. The van der Waals surface area contributed by atoms with Crippen LogP contribution >= 0.6 is 0 Å². The van der Waals surface area contributed by atoms with Crippen molar-refractivity contribution in [2.75, 3.05) is 41.0 Å². The number of hydrogen-bond acceptors (Lipinski definition) is 5. The highest BCUT2D eigenvalue weighted by Crippen LogP contribution is 2.33. The molecular formula is C22H27NO5. The molecule has 0 saturated carbocycles. The average molecular weight is 385 g/mol. The molecule has 0 aromatic heterocycles. The van der Waals surface area contributed by atoms with Gasteiger partial charge in [0.15, 0.2) is 0 Å². The van der Waals surface area contributed by atoms with Crippen LogP contribution in [0.2, 0.25) is 0 Å². The lowest BCUT2D eigenvalue weighted by Gasteiger charge is -2.29. The maximum atomic E-state index is 11.5. The minimum absolute atomic E-state index is 0.121. The van der Waals surface area contributed by atoms with Crippen molar-refractivity contribution in [3.05, 3.63) is 42.0 Å². The van der Waals surface area contributed by atoms with Crippen LogP contribution in [0.1, 0.15) is 23.2 Å². The van der Waals surface area contributed by atoms with E-state index in [0.29, 0.717) is 24.0 Å². The van der Waals surface area contributed by atoms with Crippen LogP contribution in [-0.4, -0.2) is 56.9 Å². The van der Waals surface area contributed by atoms with Crippen LogP contribution in [-0.2, 0) is 0 Å². The maximum absolute atomic E-state index is 11.5. The zero-order valence-corrected chi connectivity index (χ0v) is 16.6. The number of benzene rings is 2. The maximum Gasteiger partial charge on any atom is 0.339 e. The standard InChI is InChI=1S/C22H27NO5/c1-23-8-4-5-15(13-23)14-28-19-10-17(9-18(12-19)26-2)16-6-7-21(27-3)20(11-16)22(24)25/h6-7,9-12,15H,4-5,8,13-14H2,1-3H3,(H,24,25). The van der Waals surface area contributed by atoms with Crippen LogP contribution in [0.4, 0.5) is 0 Å². The molecule has 28 heavy (non-hydrogen) atoms. The Bertz CT molecular complexity index is 836. The van der Waals surface area contributed by atoms with Gasteiger partial charge in [0.2, 0.25) is 0 Å². The highest BCUT2D eigenvalue weighted by Gasteiger charge is 2.18. The molecular weight excluding hydrogens is 358 g/mol. The van der Waals surface area contributed by atoms with Crippen LogP contribution in [0.3, 0.4) is 0 Å². The van der Waals surface area contributed by atoms with E-state index in [1.807, 2.05) is 24.3 Å². The Hall–Kier alpha value is -2.73. The van der Waals surface area contributed by atoms with E-state index in [1.54, 1.807) is 19.2 Å². The lowest BCUT2D eigenvalue weighted by atomic mass is 9.99. The Kier molecular flexibility index (Phi) is 6.41. The van der Waals surface area contributed by atoms with Crippen molar-refractivity contribution in [1.29, 1.82) is 0 Å². The van der Waals surface area contributed by atoms with Gasteiger partial charge < -0.3 is 24.2 Å². The summed E-state index contributed by atoms with van der Waals surface area (Å²) in [6.07, 6.45) is 2.36. The molecule has 0 bridgehead atoms. The molecule has 2 aromatic carbocycles. The Labute approximate surface area is 165 Å². The SMILES string of the molecule is COc1cc(OCC2CCCN(C)C2)cc(-c2ccc(OC)c(C(=O)O)c2)c1. The van der Waals surface area contributed by atoms with Crippen molar-refractivity contribution in [1.82, 2.24) is 4.90 Å². The highest BCUT2D eigenvalue weighted by atomic mass is 16.5. The molecule has 1 saturated heterocycles. The number of methoxy groups -OCH3 is 2. The summed E-state index contributed by atoms with van der Waals surface area (Å²) in [7, 11) is 5.21. The van der Waals surface area contributed by atoms with E-state index in [1.165, 1.54) is 20.0 Å². The summed E-state index contributed by atoms with van der Waals surface area (Å²) in [5.74, 6) is 1.20. The van der Waals surface area contributed by atoms with Gasteiger partial charge in [-0.1, -0.05) is 6.07 Å². The van der Waals surface area contributed by atoms with Gasteiger partial charge in [0.25, 0.3) is 0 Å². The van der Waals surface area contributed by atoms with Gasteiger partial charge in [0.1, 0.15) is 22.8 Å². The summed E-state index contributed by atoms with van der Waals surface area (Å²) in [6, 6.07) is 10.8. The monoisotopic (exact) mass is 385 g/mol. The van der Waals surface area contributed by atoms with Gasteiger partial charge in [0, 0.05) is 18.5 Å². The first-order valence-electron chi connectivity index (χ1n) is 9.42. The Morgan fingerprint density at radius 1 is 1.11 bits per heavy atom. The third-order valence-corrected chi connectivity index (χ3v) is 5.09. The number of rotatable bonds is 7. The second-order valence-electron chi connectivity index (χ2n) is 7.20. The van der Waals surface area contributed by atoms with E-state index < -0.39 is 5.97 Å². The molecule has 0 aliphatic carbocycles. The molecule has 2 aromatic rings. The highest BCUT2D eigenvalue weighted by molar-refractivity contribution is 5.92. The predicted molar refractivity (Wildman–Crippen MR) is 108 cm³/mol. The summed E-state index contributed by atoms with van der Waals surface area (Å²) < 4.78 is 16.6. The number of nitrogens with zero attached hydrogens (tertiary/aromatic N) is 1. The average Bonchev–Trinajstić information content (AvgIpc) is 2.71. The first-order chi connectivity index (χ1) is 13.5. The topological polar surface area (TPSA) is 68.2 Å². The number of ether oxygens (including phenoxy) is 3. The van der Waals surface area contributed by atoms with E-state index in [9.17, 15) is 9.90 Å². The van der Waals surface area contributed by atoms with Crippen LogP contribution in [0.15, 0.2) is 36.4 Å². The van der Waals surface area contributed by atoms with Gasteiger partial charge in [0.05, 0.1) is 20.8 Å². The van der Waals surface area contributed by atoms with Crippen LogP contribution in [0, 0.1) is 5.92 Å². The van der Waals surface area contributed by atoms with E-state index in [4.69, 9.17) is 14.2 Å². The molecule has 3 rings (SSSR count). The van der Waals surface area contributed by atoms with Gasteiger partial charge >= 0.3 is 5.97 Å². The lowest BCUT2D eigenvalue weighted by molar-refractivity contribution is 0.0693. The molecule has 150 valence electrons. The zero-order chi connectivity index (χ0) is 20.1. The number of hydrogen-bond donors (Lipinski definition) is 1. The Morgan fingerprint density at radius 3 is 2.57 bits per heavy atom. The molecule has 0 amide bonds. The van der Waals surface area contributed by atoms with Gasteiger partial charge in [-0.25, -0.2) is 4.79 Å². The van der Waals surface area contributed by atoms with Crippen LogP contribution in [0.25, 0.3) is 11.1 Å². The molecule has 1 fully saturated rings. The molecule has 1 aliphatic heterocycles. The second-order valence-corrected chi connectivity index (χ2v) is 7.20. The zero-order valence-electron chi connectivity index (χ0n) is 16.6. The summed E-state index contributed by atoms with van der Waals surface area (Å²) in [4.78, 5) is 13.9. The fourth-order valence-electron chi connectivity index (χ4n) is 3.62. The number of carboxylic acids is 1. The van der Waals surface area contributed by atoms with E-state index in [0.717, 1.165) is 30.0 Å². The Balaban J connectivity index is 1.84. The van der Waals surface area contributed by atoms with E-state index >= 15 is 0 Å². The van der Waals surface area contributed by atoms with E-state index in [2.05, 4.69) is 11.9 Å². The molecule has 0 radical (unpaired) electrons. The summed E-state index contributed by atoms with van der Waals surface area (Å²) in [5.41, 5.74) is 1.72. The van der Waals surface area contributed by atoms with Crippen molar-refractivity contribution in [3.8, 4) is 28.4 Å². The van der Waals surface area contributed by atoms with E-state index in [-0.39, 0.29) is 5.56 Å². The molecule has 1 heterocycles. The molecule has 1 atom stereocenters. The predicted octanol–water partition coefficient (Wildman–Crippen LogP) is 3.79. The fourth-order valence-corrected chi connectivity index (χ4v) is 3.62. The normalized spacial score (nSPS) is 17.2. The van der Waals surface area contributed by atoms with Gasteiger partial charge in [-0.05, 0) is 61.8 Å². The van der Waals surface area contributed by atoms with Gasteiger partial charge in [-0.2, -0.15) is 0 Å². The van der Waals surface area contributed by atoms with Crippen molar-refractivity contribution in [2.24, 2.45) is 5.92 Å². The third kappa shape index (κ3) is 4.75. The molecule has 6 nitrogen and oxygen atoms in total. The van der Waals surface area contributed by atoms with Crippen molar-refractivity contribution in [3.63, 3.8) is 0 Å². The van der Waals surface area contributed by atoms with Crippen LogP contribution < -0.4 is 14.2 Å². The third-order valence-electron chi connectivity index (χ3n) is 5.09. The molecule has 1 N–H and O–H groups in total. The quantitative estimate of drug-likeness (QED) is 0.782. The smallest absolute Gasteiger partial charge is 0.339 e. The number of piperidine rings is 1. The summed E-state index contributed by atoms with van der Waals surface area (Å²) in [5, 5.41) is 9.44. The first kappa shape index (κ1) is 20.0. The van der Waals surface area contributed by atoms with Crippen molar-refractivity contribution < 1.29 is 24.1 Å². The second kappa shape index (κ2) is 8.97. The minimum Gasteiger partial charge on any atom is -0.497 e. The summed E-state index contributed by atoms with van der Waals surface area (Å²) in [6.45, 7) is 2.83. The van der Waals surface area contributed by atoms with Crippen molar-refractivity contribution >= 4 is 5.97 Å². The fraction of sp³-hybridized carbons (Fsp3) is 0.409. The molecule has 1 unspecified atom stereocenters.